The number of imide groups is 1. The SMILES string of the molecule is CC[C@H](C)[C@@H](C(=O)Oc1ccccc1)N1C(=O)c2ccccc2C1=O. The van der Waals surface area contributed by atoms with Crippen molar-refractivity contribution in [3.63, 3.8) is 0 Å². The third kappa shape index (κ3) is 3.05. The summed E-state index contributed by atoms with van der Waals surface area (Å²) in [4.78, 5) is 39.3. The van der Waals surface area contributed by atoms with Crippen LogP contribution < -0.4 is 4.74 Å². The lowest BCUT2D eigenvalue weighted by atomic mass is 9.97. The van der Waals surface area contributed by atoms with Crippen LogP contribution in [0.1, 0.15) is 41.0 Å². The lowest BCUT2D eigenvalue weighted by Crippen LogP contribution is -2.50. The molecule has 2 aromatic carbocycles. The molecule has 0 unspecified atom stereocenters. The largest absolute Gasteiger partial charge is 0.425 e. The number of ether oxygens (including phenoxy) is 1. The predicted molar refractivity (Wildman–Crippen MR) is 92.3 cm³/mol. The Kier molecular flexibility index (Phi) is 4.65. The molecule has 5 nitrogen and oxygen atoms in total. The Bertz CT molecular complexity index is 780. The van der Waals surface area contributed by atoms with Crippen LogP contribution in [0, 0.1) is 5.92 Å². The molecule has 0 fully saturated rings. The molecule has 0 N–H and O–H groups in total. The number of benzene rings is 2. The fraction of sp³-hybridized carbons (Fsp3) is 0.250. The van der Waals surface area contributed by atoms with Crippen LogP contribution in [-0.4, -0.2) is 28.7 Å². The molecule has 0 aliphatic carbocycles. The average Bonchev–Trinajstić information content (AvgIpc) is 2.88. The Hall–Kier alpha value is -2.95. The highest BCUT2D eigenvalue weighted by molar-refractivity contribution is 6.22. The van der Waals surface area contributed by atoms with Crippen LogP contribution in [0.25, 0.3) is 0 Å². The summed E-state index contributed by atoms with van der Waals surface area (Å²) in [6.07, 6.45) is 0.627. The zero-order valence-corrected chi connectivity index (χ0v) is 14.1. The highest BCUT2D eigenvalue weighted by Gasteiger charge is 2.45. The minimum Gasteiger partial charge on any atom is -0.425 e. The van der Waals surface area contributed by atoms with Crippen LogP contribution >= 0.6 is 0 Å². The van der Waals surface area contributed by atoms with Gasteiger partial charge in [0.05, 0.1) is 11.1 Å². The van der Waals surface area contributed by atoms with E-state index < -0.39 is 23.8 Å². The average molecular weight is 337 g/mol. The number of fused-ring (bicyclic) bond motifs is 1. The van der Waals surface area contributed by atoms with Gasteiger partial charge in [0.25, 0.3) is 11.8 Å². The zero-order valence-electron chi connectivity index (χ0n) is 14.1. The molecule has 1 heterocycles. The van der Waals surface area contributed by atoms with Crippen molar-refractivity contribution in [2.24, 2.45) is 5.92 Å². The first kappa shape index (κ1) is 16.9. The Morgan fingerprint density at radius 3 is 2.00 bits per heavy atom. The van der Waals surface area contributed by atoms with Crippen molar-refractivity contribution >= 4 is 17.8 Å². The van der Waals surface area contributed by atoms with Gasteiger partial charge in [0.15, 0.2) is 0 Å². The number of amides is 2. The molecular formula is C20H19NO4. The van der Waals surface area contributed by atoms with E-state index in [2.05, 4.69) is 0 Å². The van der Waals surface area contributed by atoms with Crippen LogP contribution in [0.4, 0.5) is 0 Å². The number of esters is 1. The maximum absolute atomic E-state index is 12.8. The van der Waals surface area contributed by atoms with Crippen LogP contribution in [0.15, 0.2) is 54.6 Å². The first-order valence-corrected chi connectivity index (χ1v) is 8.28. The van der Waals surface area contributed by atoms with Gasteiger partial charge in [0.2, 0.25) is 0 Å². The van der Waals surface area contributed by atoms with Crippen LogP contribution in [0.2, 0.25) is 0 Å². The Morgan fingerprint density at radius 1 is 0.960 bits per heavy atom. The van der Waals surface area contributed by atoms with Gasteiger partial charge in [-0.2, -0.15) is 0 Å². The van der Waals surface area contributed by atoms with Gasteiger partial charge >= 0.3 is 5.97 Å². The van der Waals surface area contributed by atoms with E-state index in [0.29, 0.717) is 23.3 Å². The number of para-hydroxylation sites is 1. The van der Waals surface area contributed by atoms with Gasteiger partial charge in [-0.05, 0) is 30.2 Å². The van der Waals surface area contributed by atoms with Crippen LogP contribution in [0.3, 0.4) is 0 Å². The van der Waals surface area contributed by atoms with E-state index in [-0.39, 0.29) is 5.92 Å². The lowest BCUT2D eigenvalue weighted by molar-refractivity contribution is -0.140. The lowest BCUT2D eigenvalue weighted by Gasteiger charge is -2.28. The highest BCUT2D eigenvalue weighted by Crippen LogP contribution is 2.29. The summed E-state index contributed by atoms with van der Waals surface area (Å²) in [5.74, 6) is -1.34. The number of nitrogens with zero attached hydrogens (tertiary/aromatic N) is 1. The Morgan fingerprint density at radius 2 is 1.48 bits per heavy atom. The third-order valence-corrected chi connectivity index (χ3v) is 4.49. The van der Waals surface area contributed by atoms with E-state index in [4.69, 9.17) is 4.74 Å². The molecule has 25 heavy (non-hydrogen) atoms. The Balaban J connectivity index is 1.93. The maximum Gasteiger partial charge on any atom is 0.335 e. The summed E-state index contributed by atoms with van der Waals surface area (Å²) in [5, 5.41) is 0. The second-order valence-electron chi connectivity index (χ2n) is 6.09. The molecule has 0 bridgehead atoms. The number of hydrogen-bond acceptors (Lipinski definition) is 4. The van der Waals surface area contributed by atoms with Crippen molar-refractivity contribution in [1.82, 2.24) is 4.90 Å². The number of carbonyl (C=O) groups is 3. The molecule has 128 valence electrons. The van der Waals surface area contributed by atoms with Crippen molar-refractivity contribution in [3.05, 3.63) is 65.7 Å². The first-order chi connectivity index (χ1) is 12.0. The molecule has 0 saturated heterocycles. The molecular weight excluding hydrogens is 318 g/mol. The second kappa shape index (κ2) is 6.89. The maximum atomic E-state index is 12.8. The minimum atomic E-state index is -0.961. The molecule has 0 radical (unpaired) electrons. The van der Waals surface area contributed by atoms with E-state index in [1.807, 2.05) is 19.9 Å². The van der Waals surface area contributed by atoms with Gasteiger partial charge in [-0.1, -0.05) is 50.6 Å². The molecule has 2 aromatic rings. The van der Waals surface area contributed by atoms with E-state index in [1.54, 1.807) is 48.5 Å². The predicted octanol–water partition coefficient (Wildman–Crippen LogP) is 3.30. The fourth-order valence-electron chi connectivity index (χ4n) is 2.94. The number of carbonyl (C=O) groups excluding carboxylic acids is 3. The normalized spacial score (nSPS) is 15.7. The summed E-state index contributed by atoms with van der Waals surface area (Å²) >= 11 is 0. The van der Waals surface area contributed by atoms with Crippen molar-refractivity contribution < 1.29 is 19.1 Å². The molecule has 2 atom stereocenters. The van der Waals surface area contributed by atoms with Gasteiger partial charge in [-0.3, -0.25) is 14.5 Å². The zero-order chi connectivity index (χ0) is 18.0. The van der Waals surface area contributed by atoms with E-state index in [1.165, 1.54) is 0 Å². The smallest absolute Gasteiger partial charge is 0.335 e. The molecule has 0 spiro atoms. The summed E-state index contributed by atoms with van der Waals surface area (Å²) in [6, 6.07) is 14.3. The minimum absolute atomic E-state index is 0.224. The first-order valence-electron chi connectivity index (χ1n) is 8.28. The van der Waals surface area contributed by atoms with Gasteiger partial charge in [-0.15, -0.1) is 0 Å². The second-order valence-corrected chi connectivity index (χ2v) is 6.09. The topological polar surface area (TPSA) is 63.7 Å². The summed E-state index contributed by atoms with van der Waals surface area (Å²) < 4.78 is 5.42. The summed E-state index contributed by atoms with van der Waals surface area (Å²) in [5.41, 5.74) is 0.654. The van der Waals surface area contributed by atoms with Crippen molar-refractivity contribution in [2.45, 2.75) is 26.3 Å². The van der Waals surface area contributed by atoms with Gasteiger partial charge in [0.1, 0.15) is 11.8 Å². The molecule has 1 aliphatic rings. The summed E-state index contributed by atoms with van der Waals surface area (Å²) in [7, 11) is 0. The molecule has 0 aromatic heterocycles. The molecule has 5 heteroatoms. The molecule has 1 aliphatic heterocycles. The summed E-state index contributed by atoms with van der Waals surface area (Å²) in [6.45, 7) is 3.74. The van der Waals surface area contributed by atoms with Crippen molar-refractivity contribution in [1.29, 1.82) is 0 Å². The van der Waals surface area contributed by atoms with E-state index in [0.717, 1.165) is 4.90 Å². The quantitative estimate of drug-likeness (QED) is 0.477. The highest BCUT2D eigenvalue weighted by atomic mass is 16.5. The number of rotatable bonds is 5. The Labute approximate surface area is 146 Å². The van der Waals surface area contributed by atoms with E-state index >= 15 is 0 Å². The van der Waals surface area contributed by atoms with Gasteiger partial charge in [-0.25, -0.2) is 4.79 Å². The molecule has 2 amide bonds. The van der Waals surface area contributed by atoms with Gasteiger partial charge in [0, 0.05) is 0 Å². The van der Waals surface area contributed by atoms with Crippen LogP contribution in [-0.2, 0) is 4.79 Å². The standard InChI is InChI=1S/C20H19NO4/c1-3-13(2)17(20(24)25-14-9-5-4-6-10-14)21-18(22)15-11-7-8-12-16(15)19(21)23/h4-13,17H,3H2,1-2H3/t13-,17-/m0/s1. The molecule has 0 saturated carbocycles. The fourth-order valence-corrected chi connectivity index (χ4v) is 2.94. The molecule has 3 rings (SSSR count). The van der Waals surface area contributed by atoms with Crippen LogP contribution in [0.5, 0.6) is 5.75 Å². The van der Waals surface area contributed by atoms with Crippen molar-refractivity contribution in [2.75, 3.05) is 0 Å². The third-order valence-electron chi connectivity index (χ3n) is 4.49. The number of hydrogen-bond donors (Lipinski definition) is 0. The van der Waals surface area contributed by atoms with E-state index in [9.17, 15) is 14.4 Å². The van der Waals surface area contributed by atoms with Gasteiger partial charge < -0.3 is 4.74 Å². The van der Waals surface area contributed by atoms with Crippen molar-refractivity contribution in [3.8, 4) is 5.75 Å². The monoisotopic (exact) mass is 337 g/mol.